The zero-order valence-electron chi connectivity index (χ0n) is 19.0. The summed E-state index contributed by atoms with van der Waals surface area (Å²) >= 11 is 0. The van der Waals surface area contributed by atoms with Gasteiger partial charge in [-0.1, -0.05) is 90.1 Å². The minimum Gasteiger partial charge on any atom is -0.543 e. The normalized spacial score (nSPS) is 8.55. The second kappa shape index (κ2) is 18.6. The topological polar surface area (TPSA) is 106 Å². The van der Waals surface area contributed by atoms with Gasteiger partial charge in [0, 0.05) is 35.2 Å². The largest absolute Gasteiger partial charge is 0.543 e. The number of carbonyl (C=O) groups is 2. The number of hydrogen-bond acceptors (Lipinski definition) is 6. The molecular weight excluding hydrogens is 526 g/mol. The number of rotatable bonds is 2. The third-order valence-electron chi connectivity index (χ3n) is 3.62. The first kappa shape index (κ1) is 32.2. The number of aromatic nitrogens is 2. The van der Waals surface area contributed by atoms with Gasteiger partial charge in [-0.15, -0.1) is 0 Å². The van der Waals surface area contributed by atoms with Crippen molar-refractivity contribution < 1.29 is 19.8 Å². The molecule has 2 heterocycles. The molecule has 172 valence electrons. The van der Waals surface area contributed by atoms with Crippen LogP contribution in [0.5, 0.6) is 0 Å². The molecule has 0 unspecified atom stereocenters. The van der Waals surface area contributed by atoms with Crippen LogP contribution < -0.4 is 10.2 Å². The summed E-state index contributed by atoms with van der Waals surface area (Å²) in [5, 5.41) is 22.8. The molecule has 2 aromatic heterocycles. The van der Waals surface area contributed by atoms with Gasteiger partial charge < -0.3 is 19.8 Å². The van der Waals surface area contributed by atoms with Crippen molar-refractivity contribution >= 4 is 58.2 Å². The quantitative estimate of drug-likeness (QED) is 0.353. The van der Waals surface area contributed by atoms with Crippen LogP contribution in [0.15, 0.2) is 72.8 Å². The molecule has 0 bridgehead atoms. The summed E-state index contributed by atoms with van der Waals surface area (Å²) in [6.45, 7) is 15.0. The maximum absolute atomic E-state index is 10.5. The number of aromatic carboxylic acids is 2. The van der Waals surface area contributed by atoms with E-state index in [4.69, 9.17) is 0 Å². The Bertz CT molecular complexity index is 1030. The molecule has 33 heavy (non-hydrogen) atoms. The summed E-state index contributed by atoms with van der Waals surface area (Å²) in [5.41, 5.74) is 1.28. The molecule has 0 amide bonds. The number of carboxylic acids is 2. The predicted molar refractivity (Wildman–Crippen MR) is 131 cm³/mol. The zero-order chi connectivity index (χ0) is 24.5. The van der Waals surface area contributed by atoms with Gasteiger partial charge in [0.25, 0.3) is 0 Å². The number of para-hydroxylation sites is 2. The standard InChI is InChI=1S/2C10H7NO2.3C2H5.Sb/c2*12-10(13)9-6-5-7-3-1-2-4-8(7)11-9;3*1-2;/h2*1-6H,(H,12,13);3*1H2,2H3;/p-2. The molecule has 0 saturated carbocycles. The van der Waals surface area contributed by atoms with Crippen LogP contribution in [0.25, 0.3) is 21.8 Å². The van der Waals surface area contributed by atoms with Crippen molar-refractivity contribution in [3.63, 3.8) is 0 Å². The van der Waals surface area contributed by atoms with E-state index in [1.54, 1.807) is 45.0 Å². The molecule has 4 aromatic rings. The van der Waals surface area contributed by atoms with Gasteiger partial charge >= 0.3 is 0 Å². The molecular formula is C26H27N2O4Sb-2. The molecule has 0 spiro atoms. The van der Waals surface area contributed by atoms with Gasteiger partial charge in [0.2, 0.25) is 0 Å². The fourth-order valence-electron chi connectivity index (χ4n) is 2.36. The first-order valence-corrected chi connectivity index (χ1v) is 9.81. The maximum atomic E-state index is 10.5. The molecule has 7 heteroatoms. The van der Waals surface area contributed by atoms with E-state index in [0.717, 1.165) is 10.8 Å². The molecule has 6 radical (unpaired) electrons. The maximum Gasteiger partial charge on any atom is 0.0900 e. The molecule has 2 aromatic carbocycles. The first-order valence-electron chi connectivity index (χ1n) is 9.81. The second-order valence-corrected chi connectivity index (χ2v) is 5.35. The van der Waals surface area contributed by atoms with Gasteiger partial charge in [-0.25, -0.2) is 9.97 Å². The predicted octanol–water partition coefficient (Wildman–Crippen LogP) is 3.34. The summed E-state index contributed by atoms with van der Waals surface area (Å²) in [6, 6.07) is 21.0. The summed E-state index contributed by atoms with van der Waals surface area (Å²) in [5.74, 6) is -2.49. The molecule has 0 saturated heterocycles. The third-order valence-corrected chi connectivity index (χ3v) is 3.62. The fraction of sp³-hybridized carbons (Fsp3) is 0.115. The van der Waals surface area contributed by atoms with E-state index in [1.807, 2.05) is 36.4 Å². The SMILES string of the molecule is O=C([O-])c1ccc2ccccc2n1.O=C([O-])c1ccc2ccccc2n1.[CH2]C.[CH2]C.[CH2]C.[Sb]. The molecule has 0 atom stereocenters. The van der Waals surface area contributed by atoms with Crippen LogP contribution in [0.1, 0.15) is 41.7 Å². The average Bonchev–Trinajstić information content (AvgIpc) is 2.87. The molecule has 0 aliphatic heterocycles. The summed E-state index contributed by atoms with van der Waals surface area (Å²) in [6.07, 6.45) is 0. The number of fused-ring (bicyclic) bond motifs is 2. The van der Waals surface area contributed by atoms with Gasteiger partial charge in [0.15, 0.2) is 0 Å². The van der Waals surface area contributed by atoms with E-state index in [0.29, 0.717) is 11.0 Å². The Balaban J connectivity index is 0. The van der Waals surface area contributed by atoms with Crippen LogP contribution in [-0.4, -0.2) is 46.3 Å². The number of pyridine rings is 2. The molecule has 0 aliphatic rings. The Kier molecular flexibility index (Phi) is 18.1. The van der Waals surface area contributed by atoms with Crippen molar-refractivity contribution in [2.45, 2.75) is 20.8 Å². The van der Waals surface area contributed by atoms with Gasteiger partial charge in [-0.3, -0.25) is 0 Å². The number of benzene rings is 2. The van der Waals surface area contributed by atoms with Crippen LogP contribution in [-0.2, 0) is 0 Å². The second-order valence-electron chi connectivity index (χ2n) is 5.35. The number of nitrogens with zero attached hydrogens (tertiary/aromatic N) is 2. The number of carbonyl (C=O) groups excluding carboxylic acids is 2. The molecule has 6 nitrogen and oxygen atoms in total. The van der Waals surface area contributed by atoms with Crippen LogP contribution >= 0.6 is 0 Å². The average molecular weight is 553 g/mol. The van der Waals surface area contributed by atoms with E-state index < -0.39 is 11.9 Å². The smallest absolute Gasteiger partial charge is 0.0900 e. The van der Waals surface area contributed by atoms with Crippen LogP contribution in [0, 0.1) is 20.8 Å². The fourth-order valence-corrected chi connectivity index (χ4v) is 2.36. The van der Waals surface area contributed by atoms with E-state index in [-0.39, 0.29) is 35.8 Å². The van der Waals surface area contributed by atoms with Crippen molar-refractivity contribution in [2.75, 3.05) is 0 Å². The van der Waals surface area contributed by atoms with Crippen LogP contribution in [0.4, 0.5) is 0 Å². The van der Waals surface area contributed by atoms with Crippen molar-refractivity contribution in [1.29, 1.82) is 0 Å². The zero-order valence-corrected chi connectivity index (χ0v) is 21.6. The summed E-state index contributed by atoms with van der Waals surface area (Å²) in [4.78, 5) is 28.8. The Morgan fingerprint density at radius 1 is 0.576 bits per heavy atom. The van der Waals surface area contributed by atoms with Gasteiger partial charge in [-0.05, 0) is 24.3 Å². The van der Waals surface area contributed by atoms with Crippen LogP contribution in [0.2, 0.25) is 0 Å². The molecule has 4 rings (SSSR count). The molecule has 0 aliphatic carbocycles. The summed E-state index contributed by atoms with van der Waals surface area (Å²) in [7, 11) is 0. The Morgan fingerprint density at radius 3 is 1.18 bits per heavy atom. The van der Waals surface area contributed by atoms with E-state index in [9.17, 15) is 19.8 Å². The minimum atomic E-state index is -1.24. The Hall–Kier alpha value is -2.98. The van der Waals surface area contributed by atoms with Crippen molar-refractivity contribution in [3.05, 3.63) is 105 Å². The third kappa shape index (κ3) is 10.5. The Morgan fingerprint density at radius 2 is 0.879 bits per heavy atom. The molecule has 0 N–H and O–H groups in total. The van der Waals surface area contributed by atoms with Crippen molar-refractivity contribution in [1.82, 2.24) is 9.97 Å². The Labute approximate surface area is 213 Å². The van der Waals surface area contributed by atoms with E-state index >= 15 is 0 Å². The minimum absolute atomic E-state index is 0. The van der Waals surface area contributed by atoms with Crippen molar-refractivity contribution in [2.24, 2.45) is 0 Å². The van der Waals surface area contributed by atoms with Gasteiger partial charge in [-0.2, -0.15) is 0 Å². The first-order chi connectivity index (χ1) is 15.5. The number of carboxylic acid groups (broad SMARTS) is 2. The molecule has 0 fully saturated rings. The van der Waals surface area contributed by atoms with E-state index in [1.165, 1.54) is 12.1 Å². The summed E-state index contributed by atoms with van der Waals surface area (Å²) < 4.78 is 0. The van der Waals surface area contributed by atoms with Gasteiger partial charge in [0.05, 0.1) is 34.4 Å². The monoisotopic (exact) mass is 552 g/mol. The van der Waals surface area contributed by atoms with Crippen molar-refractivity contribution in [3.8, 4) is 0 Å². The van der Waals surface area contributed by atoms with Crippen LogP contribution in [0.3, 0.4) is 0 Å². The van der Waals surface area contributed by atoms with Gasteiger partial charge in [0.1, 0.15) is 0 Å². The number of hydrogen-bond donors (Lipinski definition) is 0. The van der Waals surface area contributed by atoms with E-state index in [2.05, 4.69) is 30.7 Å².